The summed E-state index contributed by atoms with van der Waals surface area (Å²) in [6.45, 7) is 6.08. The first-order chi connectivity index (χ1) is 4.12. The van der Waals surface area contributed by atoms with Crippen LogP contribution in [0.4, 0.5) is 0 Å². The van der Waals surface area contributed by atoms with Gasteiger partial charge in [-0.3, -0.25) is 0 Å². The highest BCUT2D eigenvalue weighted by Gasteiger charge is 2.12. The van der Waals surface area contributed by atoms with Crippen LogP contribution in [-0.2, 0) is 4.84 Å². The van der Waals surface area contributed by atoms with Crippen molar-refractivity contribution in [2.45, 2.75) is 20.3 Å². The van der Waals surface area contributed by atoms with Gasteiger partial charge in [0.25, 0.3) is 0 Å². The summed E-state index contributed by atoms with van der Waals surface area (Å²) in [5.41, 5.74) is 0. The standard InChI is InChI=1S/C7H18NO.HI/c1-5-7-8(3,4)9-6-2;/h5-7H2,1-4H3;1H/q+1;/p-1. The van der Waals surface area contributed by atoms with Crippen LogP contribution in [-0.4, -0.2) is 31.9 Å². The summed E-state index contributed by atoms with van der Waals surface area (Å²) < 4.78 is 0.688. The molecule has 2 nitrogen and oxygen atoms in total. The molecule has 0 aliphatic rings. The van der Waals surface area contributed by atoms with E-state index in [9.17, 15) is 0 Å². The molecule has 0 aromatic heterocycles. The van der Waals surface area contributed by atoms with E-state index in [-0.39, 0.29) is 24.0 Å². The van der Waals surface area contributed by atoms with Crippen molar-refractivity contribution >= 4 is 0 Å². The van der Waals surface area contributed by atoms with E-state index < -0.39 is 0 Å². The van der Waals surface area contributed by atoms with Crippen molar-refractivity contribution in [2.24, 2.45) is 0 Å². The molecule has 0 aliphatic heterocycles. The van der Waals surface area contributed by atoms with Crippen molar-refractivity contribution in [3.05, 3.63) is 0 Å². The van der Waals surface area contributed by atoms with Gasteiger partial charge < -0.3 is 24.0 Å². The molecule has 0 N–H and O–H groups in total. The van der Waals surface area contributed by atoms with Crippen LogP contribution < -0.4 is 24.0 Å². The summed E-state index contributed by atoms with van der Waals surface area (Å²) in [6, 6.07) is 0. The SMILES string of the molecule is CCC[N+](C)(C)OCC.[I-]. The van der Waals surface area contributed by atoms with Crippen LogP contribution in [0.2, 0.25) is 0 Å². The zero-order valence-electron chi connectivity index (χ0n) is 7.35. The number of rotatable bonds is 4. The van der Waals surface area contributed by atoms with Gasteiger partial charge in [-0.25, -0.2) is 4.84 Å². The van der Waals surface area contributed by atoms with E-state index in [1.165, 1.54) is 6.42 Å². The monoisotopic (exact) mass is 259 g/mol. The van der Waals surface area contributed by atoms with Crippen LogP contribution in [0.25, 0.3) is 0 Å². The number of hydrogen-bond acceptors (Lipinski definition) is 1. The number of hydroxylamine groups is 3. The minimum atomic E-state index is 0. The molecule has 0 bridgehead atoms. The van der Waals surface area contributed by atoms with Gasteiger partial charge in [-0.1, -0.05) is 6.92 Å². The lowest BCUT2D eigenvalue weighted by Gasteiger charge is -2.25. The van der Waals surface area contributed by atoms with Crippen molar-refractivity contribution in [1.29, 1.82) is 0 Å². The fraction of sp³-hybridized carbons (Fsp3) is 1.00. The first-order valence-corrected chi connectivity index (χ1v) is 3.60. The summed E-state index contributed by atoms with van der Waals surface area (Å²) in [7, 11) is 4.15. The molecule has 0 atom stereocenters. The smallest absolute Gasteiger partial charge is 0.108 e. The lowest BCUT2D eigenvalue weighted by Crippen LogP contribution is -3.00. The summed E-state index contributed by atoms with van der Waals surface area (Å²) in [6.07, 6.45) is 1.17. The molecule has 0 amide bonds. The van der Waals surface area contributed by atoms with Crippen molar-refractivity contribution < 1.29 is 33.5 Å². The van der Waals surface area contributed by atoms with Crippen molar-refractivity contribution in [3.63, 3.8) is 0 Å². The van der Waals surface area contributed by atoms with E-state index in [2.05, 4.69) is 21.0 Å². The maximum absolute atomic E-state index is 5.41. The predicted molar refractivity (Wildman–Crippen MR) is 38.9 cm³/mol. The fourth-order valence-electron chi connectivity index (χ4n) is 0.953. The molecule has 64 valence electrons. The third kappa shape index (κ3) is 6.77. The van der Waals surface area contributed by atoms with Crippen LogP contribution in [0.3, 0.4) is 0 Å². The molecule has 3 heteroatoms. The molecule has 0 saturated heterocycles. The Labute approximate surface area is 81.1 Å². The van der Waals surface area contributed by atoms with Crippen molar-refractivity contribution in [1.82, 2.24) is 0 Å². The normalized spacial score (nSPS) is 10.8. The maximum atomic E-state index is 5.41. The first kappa shape index (κ1) is 13.3. The summed E-state index contributed by atoms with van der Waals surface area (Å²) >= 11 is 0. The number of quaternary nitrogens is 1. The van der Waals surface area contributed by atoms with Gasteiger partial charge in [0, 0.05) is 0 Å². The Morgan fingerprint density at radius 3 is 2.00 bits per heavy atom. The second-order valence-electron chi connectivity index (χ2n) is 2.72. The Hall–Kier alpha value is 0.650. The minimum Gasteiger partial charge on any atom is -1.00 e. The summed E-state index contributed by atoms with van der Waals surface area (Å²) in [5, 5.41) is 0. The third-order valence-corrected chi connectivity index (χ3v) is 1.24. The lowest BCUT2D eigenvalue weighted by atomic mass is 10.4. The number of hydrogen-bond donors (Lipinski definition) is 0. The Balaban J connectivity index is 0. The van der Waals surface area contributed by atoms with E-state index in [4.69, 9.17) is 4.84 Å². The van der Waals surface area contributed by atoms with Gasteiger partial charge in [0.1, 0.15) is 13.2 Å². The van der Waals surface area contributed by atoms with Crippen molar-refractivity contribution in [2.75, 3.05) is 27.2 Å². The fourth-order valence-corrected chi connectivity index (χ4v) is 0.953. The molecule has 10 heavy (non-hydrogen) atoms. The second kappa shape index (κ2) is 6.37. The van der Waals surface area contributed by atoms with Crippen LogP contribution in [0, 0.1) is 0 Å². The van der Waals surface area contributed by atoms with Gasteiger partial charge in [0.2, 0.25) is 0 Å². The predicted octanol–water partition coefficient (Wildman–Crippen LogP) is -1.57. The minimum absolute atomic E-state index is 0. The lowest BCUT2D eigenvalue weighted by molar-refractivity contribution is -1.08. The third-order valence-electron chi connectivity index (χ3n) is 1.24. The summed E-state index contributed by atoms with van der Waals surface area (Å²) in [4.78, 5) is 5.41. The van der Waals surface area contributed by atoms with Crippen LogP contribution in [0.15, 0.2) is 0 Å². The van der Waals surface area contributed by atoms with Crippen LogP contribution >= 0.6 is 0 Å². The zero-order valence-corrected chi connectivity index (χ0v) is 9.51. The average Bonchev–Trinajstić information content (AvgIpc) is 1.64. The molecule has 0 spiro atoms. The molecule has 0 aliphatic carbocycles. The number of nitrogens with zero attached hydrogens (tertiary/aromatic N) is 1. The highest BCUT2D eigenvalue weighted by atomic mass is 127. The molecule has 0 heterocycles. The van der Waals surface area contributed by atoms with Crippen LogP contribution in [0.5, 0.6) is 0 Å². The van der Waals surface area contributed by atoms with E-state index in [0.717, 1.165) is 13.2 Å². The quantitative estimate of drug-likeness (QED) is 0.337. The number of halogens is 1. The van der Waals surface area contributed by atoms with Gasteiger partial charge in [-0.15, -0.1) is 0 Å². The Morgan fingerprint density at radius 2 is 1.70 bits per heavy atom. The molecule has 0 aromatic rings. The zero-order chi connectivity index (χ0) is 7.33. The Morgan fingerprint density at radius 1 is 1.20 bits per heavy atom. The molecule has 0 unspecified atom stereocenters. The summed E-state index contributed by atoms with van der Waals surface area (Å²) in [5.74, 6) is 0. The van der Waals surface area contributed by atoms with E-state index in [1.54, 1.807) is 0 Å². The molecule has 0 radical (unpaired) electrons. The second-order valence-corrected chi connectivity index (χ2v) is 2.72. The van der Waals surface area contributed by atoms with Gasteiger partial charge >= 0.3 is 0 Å². The topological polar surface area (TPSA) is 9.23 Å². The first-order valence-electron chi connectivity index (χ1n) is 3.60. The molecule has 0 saturated carbocycles. The highest BCUT2D eigenvalue weighted by Crippen LogP contribution is 1.98. The maximum Gasteiger partial charge on any atom is 0.108 e. The molecular weight excluding hydrogens is 241 g/mol. The van der Waals surface area contributed by atoms with Gasteiger partial charge in [0.05, 0.1) is 14.1 Å². The van der Waals surface area contributed by atoms with Crippen molar-refractivity contribution in [3.8, 4) is 0 Å². The van der Waals surface area contributed by atoms with Gasteiger partial charge in [0.15, 0.2) is 0 Å². The molecule has 0 aromatic carbocycles. The van der Waals surface area contributed by atoms with E-state index in [0.29, 0.717) is 4.65 Å². The Bertz CT molecular complexity index is 68.0. The van der Waals surface area contributed by atoms with Crippen LogP contribution in [0.1, 0.15) is 20.3 Å². The van der Waals surface area contributed by atoms with E-state index >= 15 is 0 Å². The highest BCUT2D eigenvalue weighted by molar-refractivity contribution is 4.18. The Kier molecular flexibility index (Phi) is 8.44. The molecular formula is C7H18INO. The molecule has 0 fully saturated rings. The average molecular weight is 259 g/mol. The molecule has 0 rings (SSSR count). The largest absolute Gasteiger partial charge is 1.00 e. The van der Waals surface area contributed by atoms with Gasteiger partial charge in [-0.2, -0.15) is 4.65 Å². The van der Waals surface area contributed by atoms with E-state index in [1.807, 2.05) is 6.92 Å². The van der Waals surface area contributed by atoms with Gasteiger partial charge in [-0.05, 0) is 13.3 Å².